The molecule has 0 aliphatic heterocycles. The molecule has 2 aromatic carbocycles. The molecule has 8 heteroatoms. The highest BCUT2D eigenvalue weighted by molar-refractivity contribution is 7.91. The summed E-state index contributed by atoms with van der Waals surface area (Å²) in [4.78, 5) is 9.53. The Labute approximate surface area is 176 Å². The van der Waals surface area contributed by atoms with Gasteiger partial charge in [0.1, 0.15) is 19.0 Å². The van der Waals surface area contributed by atoms with Gasteiger partial charge in [0.25, 0.3) is 0 Å². The Hall–Kier alpha value is -3.39. The van der Waals surface area contributed by atoms with Crippen LogP contribution in [0.2, 0.25) is 0 Å². The zero-order valence-electron chi connectivity index (χ0n) is 16.3. The normalized spacial score (nSPS) is 11.8. The van der Waals surface area contributed by atoms with Crippen molar-refractivity contribution in [3.05, 3.63) is 90.3 Å². The van der Waals surface area contributed by atoms with Crippen LogP contribution in [-0.2, 0) is 21.3 Å². The maximum Gasteiger partial charge on any atom is 0.178 e. The lowest BCUT2D eigenvalue weighted by molar-refractivity contribution is 0.145. The summed E-state index contributed by atoms with van der Waals surface area (Å²) in [5, 5.41) is 3.86. The van der Waals surface area contributed by atoms with Crippen LogP contribution >= 0.6 is 0 Å². The van der Waals surface area contributed by atoms with Gasteiger partial charge in [0, 0.05) is 23.5 Å². The van der Waals surface area contributed by atoms with E-state index in [4.69, 9.17) is 15.3 Å². The zero-order chi connectivity index (χ0) is 21.2. The van der Waals surface area contributed by atoms with Crippen molar-refractivity contribution >= 4 is 15.7 Å². The second kappa shape index (κ2) is 10.4. The Kier molecular flexibility index (Phi) is 7.40. The second-order valence-corrected chi connectivity index (χ2v) is 8.58. The van der Waals surface area contributed by atoms with Gasteiger partial charge in [0.2, 0.25) is 0 Å². The quantitative estimate of drug-likeness (QED) is 0.232. The standard InChI is InChI=1S/C22H23N3O4S/c23-22(25-29-14-5-15-30(26,27)21-7-2-1-3-8-21)19-9-11-20(12-10-19)28-17-18-6-4-13-24-16-18/h1-4,6-13,16H,5,14-15,17H2,(H2,23,25). The SMILES string of the molecule is N/C(=N/OCCCS(=O)(=O)c1ccccc1)c1ccc(OCc2cccnc2)cc1. The molecule has 0 atom stereocenters. The molecule has 0 aliphatic carbocycles. The van der Waals surface area contributed by atoms with Gasteiger partial charge in [-0.2, -0.15) is 0 Å². The van der Waals surface area contributed by atoms with E-state index in [1.165, 1.54) is 0 Å². The number of amidine groups is 1. The first-order valence-corrected chi connectivity index (χ1v) is 11.1. The van der Waals surface area contributed by atoms with E-state index < -0.39 is 9.84 Å². The number of ether oxygens (including phenoxy) is 1. The van der Waals surface area contributed by atoms with Crippen LogP contribution in [0.25, 0.3) is 0 Å². The van der Waals surface area contributed by atoms with Crippen molar-refractivity contribution in [3.63, 3.8) is 0 Å². The van der Waals surface area contributed by atoms with Crippen LogP contribution in [0, 0.1) is 0 Å². The number of rotatable bonds is 10. The van der Waals surface area contributed by atoms with Gasteiger partial charge in [0.05, 0.1) is 10.6 Å². The first-order chi connectivity index (χ1) is 14.5. The monoisotopic (exact) mass is 425 g/mol. The predicted octanol–water partition coefficient (Wildman–Crippen LogP) is 3.16. The number of nitrogens with zero attached hydrogens (tertiary/aromatic N) is 2. The molecule has 0 amide bonds. The molecule has 3 rings (SSSR count). The summed E-state index contributed by atoms with van der Waals surface area (Å²) >= 11 is 0. The van der Waals surface area contributed by atoms with E-state index in [1.807, 2.05) is 12.1 Å². The lowest BCUT2D eigenvalue weighted by Gasteiger charge is -2.07. The van der Waals surface area contributed by atoms with Crippen LogP contribution in [-0.4, -0.2) is 31.6 Å². The third kappa shape index (κ3) is 6.31. The molecule has 0 unspecified atom stereocenters. The van der Waals surface area contributed by atoms with Crippen molar-refractivity contribution in [2.45, 2.75) is 17.9 Å². The minimum Gasteiger partial charge on any atom is -0.489 e. The average Bonchev–Trinajstić information content (AvgIpc) is 2.79. The van der Waals surface area contributed by atoms with Crippen LogP contribution in [0.1, 0.15) is 17.5 Å². The summed E-state index contributed by atoms with van der Waals surface area (Å²) in [5.74, 6) is 0.886. The van der Waals surface area contributed by atoms with Gasteiger partial charge in [-0.25, -0.2) is 8.42 Å². The molecular weight excluding hydrogens is 402 g/mol. The van der Waals surface area contributed by atoms with E-state index in [-0.39, 0.29) is 18.2 Å². The van der Waals surface area contributed by atoms with Gasteiger partial charge >= 0.3 is 0 Å². The van der Waals surface area contributed by atoms with Crippen molar-refractivity contribution < 1.29 is 18.0 Å². The fourth-order valence-corrected chi connectivity index (χ4v) is 3.90. The maximum atomic E-state index is 12.2. The number of benzene rings is 2. The number of hydrogen-bond acceptors (Lipinski definition) is 6. The molecule has 0 radical (unpaired) electrons. The molecule has 156 valence electrons. The van der Waals surface area contributed by atoms with Crippen molar-refractivity contribution in [2.24, 2.45) is 10.9 Å². The third-order valence-corrected chi connectivity index (χ3v) is 6.01. The number of nitrogens with two attached hydrogens (primary N) is 1. The van der Waals surface area contributed by atoms with E-state index in [1.54, 1.807) is 67.0 Å². The number of pyridine rings is 1. The molecule has 1 heterocycles. The highest BCUT2D eigenvalue weighted by Crippen LogP contribution is 2.14. The largest absolute Gasteiger partial charge is 0.489 e. The molecule has 0 saturated carbocycles. The van der Waals surface area contributed by atoms with E-state index in [0.29, 0.717) is 29.2 Å². The Balaban J connectivity index is 1.44. The van der Waals surface area contributed by atoms with E-state index in [9.17, 15) is 8.42 Å². The second-order valence-electron chi connectivity index (χ2n) is 6.47. The third-order valence-electron chi connectivity index (χ3n) is 4.19. The summed E-state index contributed by atoms with van der Waals surface area (Å²) in [7, 11) is -3.32. The fraction of sp³-hybridized carbons (Fsp3) is 0.182. The topological polar surface area (TPSA) is 104 Å². The van der Waals surface area contributed by atoms with Gasteiger partial charge in [-0.1, -0.05) is 29.4 Å². The zero-order valence-corrected chi connectivity index (χ0v) is 17.2. The summed E-state index contributed by atoms with van der Waals surface area (Å²) in [5.41, 5.74) is 7.59. The lowest BCUT2D eigenvalue weighted by Crippen LogP contribution is -2.14. The van der Waals surface area contributed by atoms with Gasteiger partial charge in [-0.15, -0.1) is 0 Å². The Bertz CT molecular complexity index is 1050. The van der Waals surface area contributed by atoms with E-state index >= 15 is 0 Å². The Morgan fingerprint density at radius 3 is 2.47 bits per heavy atom. The number of aromatic nitrogens is 1. The maximum absolute atomic E-state index is 12.2. The van der Waals surface area contributed by atoms with Crippen molar-refractivity contribution in [3.8, 4) is 5.75 Å². The molecule has 0 spiro atoms. The molecule has 7 nitrogen and oxygen atoms in total. The first-order valence-electron chi connectivity index (χ1n) is 9.40. The molecule has 0 bridgehead atoms. The van der Waals surface area contributed by atoms with Gasteiger partial charge in [0.15, 0.2) is 15.7 Å². The summed E-state index contributed by atoms with van der Waals surface area (Å²) in [6.07, 6.45) is 3.78. The average molecular weight is 426 g/mol. The van der Waals surface area contributed by atoms with Crippen LogP contribution in [0.15, 0.2) is 89.2 Å². The first kappa shape index (κ1) is 21.3. The van der Waals surface area contributed by atoms with Crippen LogP contribution < -0.4 is 10.5 Å². The van der Waals surface area contributed by atoms with Crippen molar-refractivity contribution in [1.29, 1.82) is 0 Å². The summed E-state index contributed by atoms with van der Waals surface area (Å²) in [6.45, 7) is 0.574. The van der Waals surface area contributed by atoms with E-state index in [2.05, 4.69) is 10.1 Å². The molecule has 2 N–H and O–H groups in total. The molecule has 0 saturated heterocycles. The molecule has 1 aromatic heterocycles. The minimum absolute atomic E-state index is 0.0184. The fourth-order valence-electron chi connectivity index (χ4n) is 2.60. The lowest BCUT2D eigenvalue weighted by atomic mass is 10.2. The highest BCUT2D eigenvalue weighted by Gasteiger charge is 2.13. The number of hydrogen-bond donors (Lipinski definition) is 1. The molecule has 0 fully saturated rings. The Morgan fingerprint density at radius 1 is 1.00 bits per heavy atom. The summed E-state index contributed by atoms with van der Waals surface area (Å²) in [6, 6.07) is 19.3. The predicted molar refractivity (Wildman–Crippen MR) is 115 cm³/mol. The van der Waals surface area contributed by atoms with E-state index in [0.717, 1.165) is 5.56 Å². The van der Waals surface area contributed by atoms with Crippen molar-refractivity contribution in [2.75, 3.05) is 12.4 Å². The van der Waals surface area contributed by atoms with Gasteiger partial charge < -0.3 is 15.3 Å². The minimum atomic E-state index is -3.32. The van der Waals surface area contributed by atoms with Gasteiger partial charge in [-0.05, 0) is 48.9 Å². The number of oxime groups is 1. The van der Waals surface area contributed by atoms with Crippen LogP contribution in [0.3, 0.4) is 0 Å². The van der Waals surface area contributed by atoms with Crippen LogP contribution in [0.5, 0.6) is 5.75 Å². The molecule has 30 heavy (non-hydrogen) atoms. The molecule has 0 aliphatic rings. The van der Waals surface area contributed by atoms with Crippen LogP contribution in [0.4, 0.5) is 0 Å². The Morgan fingerprint density at radius 2 is 1.77 bits per heavy atom. The molecular formula is C22H23N3O4S. The number of sulfone groups is 1. The highest BCUT2D eigenvalue weighted by atomic mass is 32.2. The molecule has 3 aromatic rings. The van der Waals surface area contributed by atoms with Crippen molar-refractivity contribution in [1.82, 2.24) is 4.98 Å². The smallest absolute Gasteiger partial charge is 0.178 e. The summed E-state index contributed by atoms with van der Waals surface area (Å²) < 4.78 is 30.1. The van der Waals surface area contributed by atoms with Gasteiger partial charge in [-0.3, -0.25) is 4.98 Å².